The molecule has 0 saturated carbocycles. The fourth-order valence-electron chi connectivity index (χ4n) is 1.56. The number of amides is 1. The first-order valence-electron chi connectivity index (χ1n) is 5.48. The average Bonchev–Trinajstić information content (AvgIpc) is 2.27. The third-order valence-electron chi connectivity index (χ3n) is 2.46. The van der Waals surface area contributed by atoms with E-state index in [4.69, 9.17) is 9.84 Å². The number of aliphatic carboxylic acids is 1. The standard InChI is InChI=1S/C13H17NO4/c1-13(2,3)9-7-8(5-6-10(9)18-4)14-11(15)12(16)17/h5-7H,1-4H3,(H,14,15)(H,16,17). The highest BCUT2D eigenvalue weighted by molar-refractivity contribution is 6.36. The normalized spacial score (nSPS) is 10.9. The van der Waals surface area contributed by atoms with E-state index in [2.05, 4.69) is 5.32 Å². The molecule has 0 aliphatic carbocycles. The van der Waals surface area contributed by atoms with Crippen LogP contribution in [0.25, 0.3) is 0 Å². The van der Waals surface area contributed by atoms with Gasteiger partial charge in [0.15, 0.2) is 0 Å². The molecule has 0 spiro atoms. The van der Waals surface area contributed by atoms with Crippen molar-refractivity contribution in [1.82, 2.24) is 0 Å². The van der Waals surface area contributed by atoms with Gasteiger partial charge < -0.3 is 15.2 Å². The highest BCUT2D eigenvalue weighted by Crippen LogP contribution is 2.33. The zero-order chi connectivity index (χ0) is 13.9. The molecule has 18 heavy (non-hydrogen) atoms. The van der Waals surface area contributed by atoms with Crippen LogP contribution in [0.3, 0.4) is 0 Å². The Hall–Kier alpha value is -2.04. The van der Waals surface area contributed by atoms with E-state index >= 15 is 0 Å². The quantitative estimate of drug-likeness (QED) is 0.788. The van der Waals surface area contributed by atoms with Crippen molar-refractivity contribution >= 4 is 17.6 Å². The summed E-state index contributed by atoms with van der Waals surface area (Å²) in [5, 5.41) is 10.8. The average molecular weight is 251 g/mol. The Morgan fingerprint density at radius 3 is 2.33 bits per heavy atom. The first kappa shape index (κ1) is 14.0. The van der Waals surface area contributed by atoms with Crippen LogP contribution in [-0.2, 0) is 15.0 Å². The molecule has 0 fully saturated rings. The van der Waals surface area contributed by atoms with Crippen LogP contribution < -0.4 is 10.1 Å². The van der Waals surface area contributed by atoms with Gasteiger partial charge in [-0.05, 0) is 23.6 Å². The maximum absolute atomic E-state index is 11.1. The van der Waals surface area contributed by atoms with Gasteiger partial charge in [-0.3, -0.25) is 4.79 Å². The molecular formula is C13H17NO4. The Morgan fingerprint density at radius 1 is 1.28 bits per heavy atom. The molecule has 5 nitrogen and oxygen atoms in total. The fourth-order valence-corrected chi connectivity index (χ4v) is 1.56. The number of carboxylic acid groups (broad SMARTS) is 1. The van der Waals surface area contributed by atoms with E-state index < -0.39 is 11.9 Å². The van der Waals surface area contributed by atoms with Gasteiger partial charge in [0, 0.05) is 11.3 Å². The van der Waals surface area contributed by atoms with Crippen LogP contribution in [0.2, 0.25) is 0 Å². The number of rotatable bonds is 2. The summed E-state index contributed by atoms with van der Waals surface area (Å²) in [7, 11) is 1.57. The van der Waals surface area contributed by atoms with Crippen molar-refractivity contribution in [1.29, 1.82) is 0 Å². The molecule has 0 heterocycles. The number of carboxylic acids is 1. The van der Waals surface area contributed by atoms with E-state index in [1.165, 1.54) is 0 Å². The second kappa shape index (κ2) is 5.08. The number of nitrogens with one attached hydrogen (secondary N) is 1. The minimum absolute atomic E-state index is 0.171. The van der Waals surface area contributed by atoms with Crippen LogP contribution in [0.5, 0.6) is 5.75 Å². The van der Waals surface area contributed by atoms with E-state index in [1.807, 2.05) is 20.8 Å². The SMILES string of the molecule is COc1ccc(NC(=O)C(=O)O)cc1C(C)(C)C. The molecule has 0 radical (unpaired) electrons. The van der Waals surface area contributed by atoms with Crippen LogP contribution >= 0.6 is 0 Å². The van der Waals surface area contributed by atoms with Gasteiger partial charge >= 0.3 is 11.9 Å². The number of carbonyl (C=O) groups is 2. The second-order valence-corrected chi connectivity index (χ2v) is 4.92. The molecule has 0 aromatic heterocycles. The van der Waals surface area contributed by atoms with E-state index in [9.17, 15) is 9.59 Å². The third-order valence-corrected chi connectivity index (χ3v) is 2.46. The first-order chi connectivity index (χ1) is 8.25. The number of ether oxygens (including phenoxy) is 1. The summed E-state index contributed by atoms with van der Waals surface area (Å²) in [5.74, 6) is -1.86. The minimum atomic E-state index is -1.51. The number of hydrogen-bond donors (Lipinski definition) is 2. The molecule has 2 N–H and O–H groups in total. The molecule has 0 bridgehead atoms. The van der Waals surface area contributed by atoms with Crippen molar-refractivity contribution < 1.29 is 19.4 Å². The van der Waals surface area contributed by atoms with Crippen molar-refractivity contribution in [3.8, 4) is 5.75 Å². The highest BCUT2D eigenvalue weighted by Gasteiger charge is 2.20. The maximum atomic E-state index is 11.1. The molecule has 0 saturated heterocycles. The summed E-state index contributed by atoms with van der Waals surface area (Å²) in [6.45, 7) is 6.02. The Bertz CT molecular complexity index is 474. The van der Waals surface area contributed by atoms with Gasteiger partial charge in [-0.25, -0.2) is 4.79 Å². The van der Waals surface area contributed by atoms with Crippen molar-refractivity contribution in [2.45, 2.75) is 26.2 Å². The lowest BCUT2D eigenvalue weighted by Gasteiger charge is -2.22. The molecule has 0 aliphatic heterocycles. The number of carbonyl (C=O) groups excluding carboxylic acids is 1. The van der Waals surface area contributed by atoms with Crippen LogP contribution in [0.15, 0.2) is 18.2 Å². The Balaban J connectivity index is 3.11. The van der Waals surface area contributed by atoms with Crippen molar-refractivity contribution in [3.05, 3.63) is 23.8 Å². The minimum Gasteiger partial charge on any atom is -0.496 e. The zero-order valence-corrected chi connectivity index (χ0v) is 10.9. The molecule has 1 aromatic rings. The smallest absolute Gasteiger partial charge is 0.394 e. The zero-order valence-electron chi connectivity index (χ0n) is 10.9. The Morgan fingerprint density at radius 2 is 1.89 bits per heavy atom. The van der Waals surface area contributed by atoms with Crippen LogP contribution in [0.1, 0.15) is 26.3 Å². The molecular weight excluding hydrogens is 234 g/mol. The molecule has 5 heteroatoms. The lowest BCUT2D eigenvalue weighted by Crippen LogP contribution is -2.22. The summed E-state index contributed by atoms with van der Waals surface area (Å²) in [4.78, 5) is 21.6. The van der Waals surface area contributed by atoms with Crippen molar-refractivity contribution in [2.24, 2.45) is 0 Å². The predicted molar refractivity (Wildman–Crippen MR) is 68.0 cm³/mol. The largest absolute Gasteiger partial charge is 0.496 e. The van der Waals surface area contributed by atoms with Crippen LogP contribution in [-0.4, -0.2) is 24.1 Å². The summed E-state index contributed by atoms with van der Waals surface area (Å²) in [5.41, 5.74) is 1.16. The lowest BCUT2D eigenvalue weighted by atomic mass is 9.86. The Labute approximate surface area is 106 Å². The van der Waals surface area contributed by atoms with Crippen molar-refractivity contribution in [2.75, 3.05) is 12.4 Å². The van der Waals surface area contributed by atoms with Gasteiger partial charge in [0.05, 0.1) is 7.11 Å². The first-order valence-corrected chi connectivity index (χ1v) is 5.48. The monoisotopic (exact) mass is 251 g/mol. The number of methoxy groups -OCH3 is 1. The molecule has 1 rings (SSSR count). The van der Waals surface area contributed by atoms with E-state index in [-0.39, 0.29) is 5.41 Å². The van der Waals surface area contributed by atoms with E-state index in [0.29, 0.717) is 11.4 Å². The maximum Gasteiger partial charge on any atom is 0.394 e. The summed E-state index contributed by atoms with van der Waals surface area (Å²) < 4.78 is 5.25. The van der Waals surface area contributed by atoms with Crippen LogP contribution in [0, 0.1) is 0 Å². The van der Waals surface area contributed by atoms with Gasteiger partial charge in [0.1, 0.15) is 5.75 Å². The number of anilines is 1. The predicted octanol–water partition coefficient (Wildman–Crippen LogP) is 2.02. The lowest BCUT2D eigenvalue weighted by molar-refractivity contribution is -0.147. The van der Waals surface area contributed by atoms with E-state index in [1.54, 1.807) is 25.3 Å². The third kappa shape index (κ3) is 3.23. The summed E-state index contributed by atoms with van der Waals surface area (Å²) in [6, 6.07) is 5.03. The molecule has 0 unspecified atom stereocenters. The number of hydrogen-bond acceptors (Lipinski definition) is 3. The summed E-state index contributed by atoms with van der Waals surface area (Å²) >= 11 is 0. The second-order valence-electron chi connectivity index (χ2n) is 4.92. The topological polar surface area (TPSA) is 75.6 Å². The molecule has 0 atom stereocenters. The van der Waals surface area contributed by atoms with Crippen LogP contribution in [0.4, 0.5) is 5.69 Å². The highest BCUT2D eigenvalue weighted by atomic mass is 16.5. The number of benzene rings is 1. The van der Waals surface area contributed by atoms with E-state index in [0.717, 1.165) is 5.56 Å². The molecule has 98 valence electrons. The molecule has 1 amide bonds. The fraction of sp³-hybridized carbons (Fsp3) is 0.385. The molecule has 0 aliphatic rings. The Kier molecular flexibility index (Phi) is 3.96. The van der Waals surface area contributed by atoms with Gasteiger partial charge in [-0.2, -0.15) is 0 Å². The van der Waals surface area contributed by atoms with Gasteiger partial charge in [0.2, 0.25) is 0 Å². The van der Waals surface area contributed by atoms with Gasteiger partial charge in [-0.15, -0.1) is 0 Å². The molecule has 1 aromatic carbocycles. The van der Waals surface area contributed by atoms with Gasteiger partial charge in [-0.1, -0.05) is 20.8 Å². The van der Waals surface area contributed by atoms with Crippen molar-refractivity contribution in [3.63, 3.8) is 0 Å². The summed E-state index contributed by atoms with van der Waals surface area (Å²) in [6.07, 6.45) is 0. The van der Waals surface area contributed by atoms with Gasteiger partial charge in [0.25, 0.3) is 0 Å².